The highest BCUT2D eigenvalue weighted by Gasteiger charge is 2.14. The summed E-state index contributed by atoms with van der Waals surface area (Å²) in [5, 5.41) is 3.75. The third-order valence-electron chi connectivity index (χ3n) is 2.95. The number of nitrogens with zero attached hydrogens (tertiary/aromatic N) is 2. The Bertz CT molecular complexity index is 537. The van der Waals surface area contributed by atoms with Gasteiger partial charge in [-0.15, -0.1) is 0 Å². The van der Waals surface area contributed by atoms with Gasteiger partial charge in [-0.05, 0) is 37.1 Å². The Morgan fingerprint density at radius 1 is 1.32 bits per heavy atom. The fourth-order valence-corrected chi connectivity index (χ4v) is 2.11. The zero-order valence-electron chi connectivity index (χ0n) is 10.8. The van der Waals surface area contributed by atoms with E-state index in [1.807, 2.05) is 19.9 Å². The van der Waals surface area contributed by atoms with Gasteiger partial charge in [0, 0.05) is 6.20 Å². The van der Waals surface area contributed by atoms with E-state index in [1.165, 1.54) is 12.3 Å². The van der Waals surface area contributed by atoms with Crippen LogP contribution in [0.4, 0.5) is 10.1 Å². The first kappa shape index (κ1) is 13.7. The molecule has 0 saturated carbocycles. The first-order valence-electron chi connectivity index (χ1n) is 6.11. The van der Waals surface area contributed by atoms with Gasteiger partial charge in [0.15, 0.2) is 5.15 Å². The van der Waals surface area contributed by atoms with Gasteiger partial charge in [0.05, 0.1) is 23.6 Å². The van der Waals surface area contributed by atoms with Crippen LogP contribution in [-0.4, -0.2) is 9.97 Å². The van der Waals surface area contributed by atoms with Crippen LogP contribution in [0.5, 0.6) is 0 Å². The second kappa shape index (κ2) is 5.97. The zero-order valence-corrected chi connectivity index (χ0v) is 11.6. The molecule has 0 amide bonds. The molecule has 0 aliphatic rings. The normalized spacial score (nSPS) is 12.2. The second-order valence-corrected chi connectivity index (χ2v) is 4.66. The Balaban J connectivity index is 2.26. The summed E-state index contributed by atoms with van der Waals surface area (Å²) in [6.07, 6.45) is 3.70. The molecule has 5 heteroatoms. The maximum absolute atomic E-state index is 12.9. The summed E-state index contributed by atoms with van der Waals surface area (Å²) >= 11 is 6.09. The largest absolute Gasteiger partial charge is 0.374 e. The standard InChI is InChI=1S/C14H15ClFN3/c1-3-11(12-5-4-10(16)8-18-12)19-13-9(2)6-7-17-14(13)15/h4-8,11,19H,3H2,1-2H3. The van der Waals surface area contributed by atoms with E-state index >= 15 is 0 Å². The molecule has 1 unspecified atom stereocenters. The summed E-state index contributed by atoms with van der Waals surface area (Å²) in [6.45, 7) is 3.99. The topological polar surface area (TPSA) is 37.8 Å². The van der Waals surface area contributed by atoms with Crippen LogP contribution >= 0.6 is 11.6 Å². The monoisotopic (exact) mass is 279 g/mol. The summed E-state index contributed by atoms with van der Waals surface area (Å²) in [6, 6.07) is 4.94. The Morgan fingerprint density at radius 2 is 2.11 bits per heavy atom. The molecule has 100 valence electrons. The number of rotatable bonds is 4. The van der Waals surface area contributed by atoms with Crippen molar-refractivity contribution in [1.82, 2.24) is 9.97 Å². The highest BCUT2D eigenvalue weighted by molar-refractivity contribution is 6.32. The predicted octanol–water partition coefficient (Wildman–Crippen LogP) is 4.14. The average Bonchev–Trinajstić information content (AvgIpc) is 2.40. The first-order chi connectivity index (χ1) is 9.11. The third-order valence-corrected chi connectivity index (χ3v) is 3.23. The van der Waals surface area contributed by atoms with Crippen molar-refractivity contribution in [3.05, 3.63) is 52.8 Å². The Morgan fingerprint density at radius 3 is 2.68 bits per heavy atom. The molecule has 0 aliphatic heterocycles. The summed E-state index contributed by atoms with van der Waals surface area (Å²) in [5.41, 5.74) is 2.59. The van der Waals surface area contributed by atoms with Gasteiger partial charge in [0.2, 0.25) is 0 Å². The van der Waals surface area contributed by atoms with E-state index in [4.69, 9.17) is 11.6 Å². The number of anilines is 1. The van der Waals surface area contributed by atoms with E-state index in [1.54, 1.807) is 12.3 Å². The number of nitrogens with one attached hydrogen (secondary N) is 1. The van der Waals surface area contributed by atoms with Crippen LogP contribution in [0.25, 0.3) is 0 Å². The van der Waals surface area contributed by atoms with E-state index in [9.17, 15) is 4.39 Å². The fraction of sp³-hybridized carbons (Fsp3) is 0.286. The Kier molecular flexibility index (Phi) is 4.32. The van der Waals surface area contributed by atoms with Gasteiger partial charge in [0.1, 0.15) is 5.82 Å². The fourth-order valence-electron chi connectivity index (χ4n) is 1.85. The molecule has 0 saturated heterocycles. The molecule has 0 aliphatic carbocycles. The molecule has 2 aromatic rings. The van der Waals surface area contributed by atoms with Crippen molar-refractivity contribution in [3.63, 3.8) is 0 Å². The van der Waals surface area contributed by atoms with E-state index < -0.39 is 0 Å². The molecule has 2 heterocycles. The lowest BCUT2D eigenvalue weighted by molar-refractivity contribution is 0.614. The number of halogens is 2. The van der Waals surface area contributed by atoms with Crippen LogP contribution < -0.4 is 5.32 Å². The highest BCUT2D eigenvalue weighted by Crippen LogP contribution is 2.28. The van der Waals surface area contributed by atoms with Crippen LogP contribution in [0, 0.1) is 12.7 Å². The van der Waals surface area contributed by atoms with E-state index in [-0.39, 0.29) is 11.9 Å². The van der Waals surface area contributed by atoms with Gasteiger partial charge in [-0.25, -0.2) is 9.37 Å². The number of hydrogen-bond donors (Lipinski definition) is 1. The minimum atomic E-state index is -0.339. The molecule has 19 heavy (non-hydrogen) atoms. The summed E-state index contributed by atoms with van der Waals surface area (Å²) < 4.78 is 12.9. The number of aryl methyl sites for hydroxylation is 1. The lowest BCUT2D eigenvalue weighted by atomic mass is 10.1. The Hall–Kier alpha value is -1.68. The lowest BCUT2D eigenvalue weighted by Gasteiger charge is -2.19. The summed E-state index contributed by atoms with van der Waals surface area (Å²) in [7, 11) is 0. The van der Waals surface area contributed by atoms with E-state index in [0.29, 0.717) is 5.15 Å². The molecule has 2 rings (SSSR count). The van der Waals surface area contributed by atoms with Crippen LogP contribution in [0.1, 0.15) is 30.6 Å². The molecule has 0 spiro atoms. The molecule has 2 aromatic heterocycles. The average molecular weight is 280 g/mol. The van der Waals surface area contributed by atoms with E-state index in [0.717, 1.165) is 23.4 Å². The van der Waals surface area contributed by atoms with Gasteiger partial charge in [-0.3, -0.25) is 4.98 Å². The van der Waals surface area contributed by atoms with Crippen LogP contribution in [0.15, 0.2) is 30.6 Å². The molecular formula is C14H15ClFN3. The maximum Gasteiger partial charge on any atom is 0.152 e. The van der Waals surface area contributed by atoms with Crippen LogP contribution in [0.3, 0.4) is 0 Å². The lowest BCUT2D eigenvalue weighted by Crippen LogP contribution is -2.13. The van der Waals surface area contributed by atoms with Crippen molar-refractivity contribution >= 4 is 17.3 Å². The third kappa shape index (κ3) is 3.20. The molecule has 1 N–H and O–H groups in total. The molecule has 0 fully saturated rings. The molecule has 1 atom stereocenters. The summed E-state index contributed by atoms with van der Waals surface area (Å²) in [4.78, 5) is 8.16. The molecule has 0 radical (unpaired) electrons. The SMILES string of the molecule is CCC(Nc1c(C)ccnc1Cl)c1ccc(F)cn1. The molecular weight excluding hydrogens is 265 g/mol. The van der Waals surface area contributed by atoms with Crippen molar-refractivity contribution in [2.75, 3.05) is 5.32 Å². The minimum Gasteiger partial charge on any atom is -0.374 e. The van der Waals surface area contributed by atoms with Gasteiger partial charge < -0.3 is 5.32 Å². The number of pyridine rings is 2. The van der Waals surface area contributed by atoms with Gasteiger partial charge in [-0.1, -0.05) is 18.5 Å². The van der Waals surface area contributed by atoms with Crippen molar-refractivity contribution in [2.45, 2.75) is 26.3 Å². The molecule has 0 bridgehead atoms. The van der Waals surface area contributed by atoms with Gasteiger partial charge >= 0.3 is 0 Å². The van der Waals surface area contributed by atoms with E-state index in [2.05, 4.69) is 15.3 Å². The highest BCUT2D eigenvalue weighted by atomic mass is 35.5. The first-order valence-corrected chi connectivity index (χ1v) is 6.48. The number of aromatic nitrogens is 2. The quantitative estimate of drug-likeness (QED) is 0.855. The zero-order chi connectivity index (χ0) is 13.8. The minimum absolute atomic E-state index is 0.0269. The second-order valence-electron chi connectivity index (χ2n) is 4.30. The smallest absolute Gasteiger partial charge is 0.152 e. The van der Waals surface area contributed by atoms with Gasteiger partial charge in [-0.2, -0.15) is 0 Å². The molecule has 0 aromatic carbocycles. The van der Waals surface area contributed by atoms with Crippen LogP contribution in [0.2, 0.25) is 5.15 Å². The van der Waals surface area contributed by atoms with Crippen LogP contribution in [-0.2, 0) is 0 Å². The maximum atomic E-state index is 12.9. The van der Waals surface area contributed by atoms with Crippen molar-refractivity contribution in [2.24, 2.45) is 0 Å². The predicted molar refractivity (Wildman–Crippen MR) is 74.8 cm³/mol. The van der Waals surface area contributed by atoms with Crippen molar-refractivity contribution in [1.29, 1.82) is 0 Å². The molecule has 3 nitrogen and oxygen atoms in total. The van der Waals surface area contributed by atoms with Crippen molar-refractivity contribution < 1.29 is 4.39 Å². The van der Waals surface area contributed by atoms with Crippen molar-refractivity contribution in [3.8, 4) is 0 Å². The summed E-state index contributed by atoms with van der Waals surface area (Å²) in [5.74, 6) is -0.339. The Labute approximate surface area is 116 Å². The van der Waals surface area contributed by atoms with Gasteiger partial charge in [0.25, 0.3) is 0 Å². The number of hydrogen-bond acceptors (Lipinski definition) is 3.